The number of hydrazone groups is 1. The number of benzene rings is 1. The van der Waals surface area contributed by atoms with Gasteiger partial charge in [-0.3, -0.25) is 19.2 Å². The molecule has 0 spiro atoms. The van der Waals surface area contributed by atoms with Gasteiger partial charge in [0.1, 0.15) is 30.7 Å². The first-order valence-electron chi connectivity index (χ1n) is 16.2. The standard InChI is InChI=1S/C34H49N3O11/c1-3-47-31-8-6-29(7-9-31)27(2)36-37-34(41)11-10-33(40)35-12-13-42-14-15-43-16-17-44-18-19-45-20-21-46-22-23-48-32-24-28(25-38)4-5-30(32)26-39/h6-9,24-26H,3-5,10-23H2,1-2H3,(H,35,40)(H,37,41). The van der Waals surface area contributed by atoms with Crippen molar-refractivity contribution in [3.05, 3.63) is 52.8 Å². The van der Waals surface area contributed by atoms with Crippen LogP contribution in [0.2, 0.25) is 0 Å². The van der Waals surface area contributed by atoms with Gasteiger partial charge in [0.25, 0.3) is 0 Å². The van der Waals surface area contributed by atoms with Crippen LogP contribution in [0.4, 0.5) is 0 Å². The number of aldehydes is 2. The zero-order chi connectivity index (χ0) is 34.7. The highest BCUT2D eigenvalue weighted by atomic mass is 16.6. The molecule has 14 heteroatoms. The van der Waals surface area contributed by atoms with Crippen molar-refractivity contribution in [1.82, 2.24) is 10.7 Å². The summed E-state index contributed by atoms with van der Waals surface area (Å²) in [7, 11) is 0. The minimum atomic E-state index is -0.344. The van der Waals surface area contributed by atoms with Crippen molar-refractivity contribution in [1.29, 1.82) is 0 Å². The molecule has 0 unspecified atom stereocenters. The van der Waals surface area contributed by atoms with Crippen molar-refractivity contribution < 1.29 is 52.3 Å². The van der Waals surface area contributed by atoms with Gasteiger partial charge < -0.3 is 38.5 Å². The molecule has 0 saturated carbocycles. The predicted molar refractivity (Wildman–Crippen MR) is 177 cm³/mol. The maximum Gasteiger partial charge on any atom is 0.240 e. The van der Waals surface area contributed by atoms with Crippen molar-refractivity contribution in [2.75, 3.05) is 85.8 Å². The molecule has 1 aromatic rings. The van der Waals surface area contributed by atoms with Crippen molar-refractivity contribution in [3.63, 3.8) is 0 Å². The van der Waals surface area contributed by atoms with Crippen molar-refractivity contribution in [2.24, 2.45) is 5.10 Å². The highest BCUT2D eigenvalue weighted by Crippen LogP contribution is 2.22. The molecule has 0 aromatic heterocycles. The van der Waals surface area contributed by atoms with Crippen LogP contribution >= 0.6 is 0 Å². The van der Waals surface area contributed by atoms with Crippen LogP contribution in [0.25, 0.3) is 0 Å². The summed E-state index contributed by atoms with van der Waals surface area (Å²) in [6, 6.07) is 7.41. The molecule has 14 nitrogen and oxygen atoms in total. The summed E-state index contributed by atoms with van der Waals surface area (Å²) in [4.78, 5) is 46.1. The quantitative estimate of drug-likeness (QED) is 0.0579. The smallest absolute Gasteiger partial charge is 0.240 e. The third kappa shape index (κ3) is 18.4. The Balaban J connectivity index is 1.32. The van der Waals surface area contributed by atoms with Gasteiger partial charge >= 0.3 is 0 Å². The summed E-state index contributed by atoms with van der Waals surface area (Å²) in [5.74, 6) is 0.613. The molecule has 0 bridgehead atoms. The average Bonchev–Trinajstić information content (AvgIpc) is 3.10. The molecule has 0 radical (unpaired) electrons. The number of nitrogens with one attached hydrogen (secondary N) is 2. The molecule has 0 fully saturated rings. The van der Waals surface area contributed by atoms with Gasteiger partial charge in [-0.15, -0.1) is 0 Å². The van der Waals surface area contributed by atoms with Crippen LogP contribution in [-0.4, -0.2) is 116 Å². The third-order valence-corrected chi connectivity index (χ3v) is 6.66. The highest BCUT2D eigenvalue weighted by Gasteiger charge is 2.14. The number of hydrogen-bond donors (Lipinski definition) is 2. The molecular formula is C34H49N3O11. The van der Waals surface area contributed by atoms with Crippen LogP contribution in [0.5, 0.6) is 5.75 Å². The Morgan fingerprint density at radius 3 is 1.85 bits per heavy atom. The fourth-order valence-corrected chi connectivity index (χ4v) is 4.08. The lowest BCUT2D eigenvalue weighted by Crippen LogP contribution is -2.29. The second kappa shape index (κ2) is 26.1. The second-order valence-corrected chi connectivity index (χ2v) is 10.3. The number of amides is 2. The number of carbonyl (C=O) groups excluding carboxylic acids is 4. The van der Waals surface area contributed by atoms with Gasteiger partial charge in [-0.1, -0.05) is 0 Å². The number of rotatable bonds is 28. The molecular weight excluding hydrogens is 626 g/mol. The number of hydrogen-bond acceptors (Lipinski definition) is 12. The van der Waals surface area contributed by atoms with Crippen LogP contribution < -0.4 is 15.5 Å². The lowest BCUT2D eigenvalue weighted by Gasteiger charge is -2.15. The van der Waals surface area contributed by atoms with Crippen molar-refractivity contribution in [3.8, 4) is 5.75 Å². The number of carbonyl (C=O) groups is 4. The molecule has 0 heterocycles. The first kappa shape index (κ1) is 40.2. The Morgan fingerprint density at radius 1 is 0.729 bits per heavy atom. The predicted octanol–water partition coefficient (Wildman–Crippen LogP) is 2.29. The Hall–Kier alpha value is -3.95. The molecule has 2 amide bonds. The van der Waals surface area contributed by atoms with E-state index in [1.54, 1.807) is 13.0 Å². The first-order chi connectivity index (χ1) is 23.5. The van der Waals surface area contributed by atoms with E-state index in [1.807, 2.05) is 31.2 Å². The number of ether oxygens (including phenoxy) is 7. The van der Waals surface area contributed by atoms with E-state index < -0.39 is 0 Å². The maximum atomic E-state index is 12.0. The van der Waals surface area contributed by atoms with E-state index in [2.05, 4.69) is 15.8 Å². The summed E-state index contributed by atoms with van der Waals surface area (Å²) in [6.07, 6.45) is 4.26. The van der Waals surface area contributed by atoms with Gasteiger partial charge in [-0.05, 0) is 68.2 Å². The fraction of sp³-hybridized carbons (Fsp3) is 0.559. The van der Waals surface area contributed by atoms with E-state index in [9.17, 15) is 19.2 Å². The minimum Gasteiger partial charge on any atom is -0.494 e. The Kier molecular flexibility index (Phi) is 21.8. The van der Waals surface area contributed by atoms with Crippen LogP contribution in [0, 0.1) is 0 Å². The SMILES string of the molecule is CCOc1ccc(C(C)=NNC(=O)CCC(=O)NCCOCCOCCOCCOCCOCCOC2=C(C=O)CCC(C=O)=C2)cc1. The monoisotopic (exact) mass is 675 g/mol. The summed E-state index contributed by atoms with van der Waals surface area (Å²) in [5.41, 5.74) is 5.14. The van der Waals surface area contributed by atoms with E-state index in [1.165, 1.54) is 0 Å². The van der Waals surface area contributed by atoms with E-state index in [-0.39, 0.29) is 31.3 Å². The molecule has 2 N–H and O–H groups in total. The topological polar surface area (TPSA) is 169 Å². The average molecular weight is 676 g/mol. The zero-order valence-corrected chi connectivity index (χ0v) is 28.0. The largest absolute Gasteiger partial charge is 0.494 e. The van der Waals surface area contributed by atoms with E-state index in [4.69, 9.17) is 33.2 Å². The Bertz CT molecular complexity index is 1200. The first-order valence-corrected chi connectivity index (χ1v) is 16.2. The Morgan fingerprint density at radius 2 is 1.29 bits per heavy atom. The normalized spacial score (nSPS) is 13.1. The molecule has 2 rings (SSSR count). The molecule has 48 heavy (non-hydrogen) atoms. The maximum absolute atomic E-state index is 12.0. The van der Waals surface area contributed by atoms with Crippen LogP contribution in [0.3, 0.4) is 0 Å². The Labute approximate surface area is 282 Å². The van der Waals surface area contributed by atoms with Crippen LogP contribution in [0.15, 0.2) is 52.3 Å². The molecule has 1 aliphatic rings. The van der Waals surface area contributed by atoms with E-state index in [0.717, 1.165) is 23.9 Å². The van der Waals surface area contributed by atoms with Gasteiger partial charge in [0.05, 0.1) is 78.4 Å². The summed E-state index contributed by atoms with van der Waals surface area (Å²) in [5, 5.41) is 6.81. The summed E-state index contributed by atoms with van der Waals surface area (Å²) >= 11 is 0. The fourth-order valence-electron chi connectivity index (χ4n) is 4.08. The summed E-state index contributed by atoms with van der Waals surface area (Å²) < 4.78 is 38.2. The molecule has 0 atom stereocenters. The van der Waals surface area contributed by atoms with Gasteiger partial charge in [0.15, 0.2) is 0 Å². The van der Waals surface area contributed by atoms with E-state index in [0.29, 0.717) is 115 Å². The molecule has 1 aliphatic carbocycles. The van der Waals surface area contributed by atoms with Crippen LogP contribution in [0.1, 0.15) is 45.1 Å². The third-order valence-electron chi connectivity index (χ3n) is 6.66. The molecule has 0 saturated heterocycles. The zero-order valence-electron chi connectivity index (χ0n) is 28.0. The number of allylic oxidation sites excluding steroid dienone is 3. The van der Waals surface area contributed by atoms with Crippen LogP contribution in [-0.2, 0) is 47.6 Å². The van der Waals surface area contributed by atoms with Gasteiger partial charge in [-0.25, -0.2) is 5.43 Å². The minimum absolute atomic E-state index is 0.0217. The molecule has 266 valence electrons. The van der Waals surface area contributed by atoms with E-state index >= 15 is 0 Å². The molecule has 1 aromatic carbocycles. The van der Waals surface area contributed by atoms with Gasteiger partial charge in [0, 0.05) is 25.0 Å². The van der Waals surface area contributed by atoms with Crippen molar-refractivity contribution in [2.45, 2.75) is 39.5 Å². The van der Waals surface area contributed by atoms with Gasteiger partial charge in [-0.2, -0.15) is 5.10 Å². The van der Waals surface area contributed by atoms with Crippen molar-refractivity contribution >= 4 is 30.1 Å². The lowest BCUT2D eigenvalue weighted by atomic mass is 9.99. The summed E-state index contributed by atoms with van der Waals surface area (Å²) in [6.45, 7) is 8.82. The number of nitrogens with zero attached hydrogens (tertiary/aromatic N) is 1. The highest BCUT2D eigenvalue weighted by molar-refractivity contribution is 5.99. The van der Waals surface area contributed by atoms with Gasteiger partial charge in [0.2, 0.25) is 11.8 Å². The second-order valence-electron chi connectivity index (χ2n) is 10.3. The molecule has 0 aliphatic heterocycles. The lowest BCUT2D eigenvalue weighted by molar-refractivity contribution is -0.126.